The monoisotopic (exact) mass is 380 g/mol. The van der Waals surface area contributed by atoms with Crippen LogP contribution in [0.15, 0.2) is 55.3 Å². The predicted molar refractivity (Wildman–Crippen MR) is 110 cm³/mol. The fourth-order valence-electron chi connectivity index (χ4n) is 2.42. The molecular weight excluding hydrogens is 360 g/mol. The zero-order chi connectivity index (χ0) is 20.5. The van der Waals surface area contributed by atoms with Gasteiger partial charge >= 0.3 is 0 Å². The number of ether oxygens (including phenoxy) is 2. The van der Waals surface area contributed by atoms with Crippen LogP contribution in [0.2, 0.25) is 0 Å². The Morgan fingerprint density at radius 2 is 1.82 bits per heavy atom. The van der Waals surface area contributed by atoms with Gasteiger partial charge in [0.1, 0.15) is 11.5 Å². The molecule has 2 rings (SSSR count). The highest BCUT2D eigenvalue weighted by atomic mass is 16.6. The Bertz CT molecular complexity index is 931. The van der Waals surface area contributed by atoms with Crippen molar-refractivity contribution in [3.05, 3.63) is 82.1 Å². The minimum Gasteiger partial charge on any atom is -0.497 e. The Labute approximate surface area is 162 Å². The van der Waals surface area contributed by atoms with Crippen LogP contribution < -0.4 is 14.8 Å². The van der Waals surface area contributed by atoms with Gasteiger partial charge in [0.2, 0.25) is 12.1 Å². The van der Waals surface area contributed by atoms with Crippen molar-refractivity contribution in [3.8, 4) is 11.5 Å². The van der Waals surface area contributed by atoms with Gasteiger partial charge in [-0.15, -0.1) is 0 Å². The van der Waals surface area contributed by atoms with E-state index in [0.717, 1.165) is 11.8 Å². The number of carbonyl (C=O) groups excluding carboxylic acids is 1. The average Bonchev–Trinajstić information content (AvgIpc) is 2.71. The zero-order valence-electron chi connectivity index (χ0n) is 15.5. The summed E-state index contributed by atoms with van der Waals surface area (Å²) in [5, 5.41) is 13.4. The molecule has 2 aromatic carbocycles. The molecule has 1 N–H and O–H groups in total. The van der Waals surface area contributed by atoms with Gasteiger partial charge in [-0.3, -0.25) is 14.9 Å². The summed E-state index contributed by atoms with van der Waals surface area (Å²) in [5.41, 5.74) is 2.78. The second-order valence-electron chi connectivity index (χ2n) is 5.58. The van der Waals surface area contributed by atoms with E-state index in [1.54, 1.807) is 24.3 Å². The number of hydrogen-bond donors (Lipinski definition) is 1. The van der Waals surface area contributed by atoms with Crippen molar-refractivity contribution < 1.29 is 19.2 Å². The number of nitrogens with zero attached hydrogens (tertiary/aromatic N) is 1. The largest absolute Gasteiger partial charge is 0.497 e. The number of carbonyl (C=O) groups is 1. The maximum absolute atomic E-state index is 11.3. The summed E-state index contributed by atoms with van der Waals surface area (Å²) in [6, 6.07) is 10.6. The fraction of sp³-hybridized carbons (Fsp3) is 0.0952. The molecule has 0 fully saturated rings. The van der Waals surface area contributed by atoms with Crippen molar-refractivity contribution in [2.45, 2.75) is 0 Å². The number of anilines is 1. The summed E-state index contributed by atoms with van der Waals surface area (Å²) in [7, 11) is 3.02. The molecule has 0 heterocycles. The van der Waals surface area contributed by atoms with Gasteiger partial charge in [-0.25, -0.2) is 0 Å². The Morgan fingerprint density at radius 3 is 2.39 bits per heavy atom. The number of rotatable bonds is 8. The van der Waals surface area contributed by atoms with Crippen molar-refractivity contribution in [2.75, 3.05) is 19.5 Å². The van der Waals surface area contributed by atoms with E-state index < -0.39 is 4.92 Å². The fourth-order valence-corrected chi connectivity index (χ4v) is 2.42. The molecular formula is C21H20N2O5. The van der Waals surface area contributed by atoms with Gasteiger partial charge in [-0.05, 0) is 35.4 Å². The highest BCUT2D eigenvalue weighted by molar-refractivity contribution is 5.98. The summed E-state index contributed by atoms with van der Waals surface area (Å²) in [6.45, 7) is 3.41. The lowest BCUT2D eigenvalue weighted by Gasteiger charge is -2.11. The number of nitrogens with one attached hydrogen (secondary N) is 1. The highest BCUT2D eigenvalue weighted by Crippen LogP contribution is 2.31. The van der Waals surface area contributed by atoms with Crippen molar-refractivity contribution in [1.82, 2.24) is 0 Å². The Balaban J connectivity index is 2.36. The number of methoxy groups -OCH3 is 2. The van der Waals surface area contributed by atoms with Gasteiger partial charge in [0.05, 0.1) is 19.1 Å². The van der Waals surface area contributed by atoms with Gasteiger partial charge < -0.3 is 14.8 Å². The highest BCUT2D eigenvalue weighted by Gasteiger charge is 2.09. The summed E-state index contributed by atoms with van der Waals surface area (Å²) in [6.07, 6.45) is 7.09. The Hall–Kier alpha value is -3.87. The molecule has 0 radical (unpaired) electrons. The van der Waals surface area contributed by atoms with Crippen molar-refractivity contribution in [3.63, 3.8) is 0 Å². The number of nitro groups is 1. The Kier molecular flexibility index (Phi) is 7.10. The molecule has 7 nitrogen and oxygen atoms in total. The van der Waals surface area contributed by atoms with E-state index in [-0.39, 0.29) is 5.91 Å². The van der Waals surface area contributed by atoms with E-state index in [4.69, 9.17) is 9.47 Å². The summed E-state index contributed by atoms with van der Waals surface area (Å²) < 4.78 is 10.6. The van der Waals surface area contributed by atoms with Crippen molar-refractivity contribution >= 4 is 29.8 Å². The standard InChI is InChI=1S/C21H20N2O5/c1-4-21(24)22-17-9-6-15(7-10-17)5-8-16-13-18(27-2)14-20(28-3)19(16)11-12-23(25)26/h4-14H,1H2,2-3H3,(H,22,24)/b8-5+,12-11+. The first-order valence-corrected chi connectivity index (χ1v) is 8.26. The molecule has 28 heavy (non-hydrogen) atoms. The molecule has 0 saturated carbocycles. The lowest BCUT2D eigenvalue weighted by molar-refractivity contribution is -0.400. The SMILES string of the molecule is C=CC(=O)Nc1ccc(/C=C/c2cc(OC)cc(OC)c2/C=C/[N+](=O)[O-])cc1. The van der Waals surface area contributed by atoms with E-state index in [0.29, 0.717) is 28.3 Å². The average molecular weight is 380 g/mol. The molecule has 0 bridgehead atoms. The topological polar surface area (TPSA) is 90.7 Å². The second kappa shape index (κ2) is 9.72. The molecule has 0 aromatic heterocycles. The molecule has 2 aromatic rings. The summed E-state index contributed by atoms with van der Waals surface area (Å²) in [4.78, 5) is 21.5. The van der Waals surface area contributed by atoms with Crippen LogP contribution in [-0.2, 0) is 4.79 Å². The third-order valence-electron chi connectivity index (χ3n) is 3.79. The van der Waals surface area contributed by atoms with Crippen LogP contribution >= 0.6 is 0 Å². The third-order valence-corrected chi connectivity index (χ3v) is 3.79. The molecule has 0 spiro atoms. The van der Waals surface area contributed by atoms with Crippen molar-refractivity contribution in [2.24, 2.45) is 0 Å². The molecule has 0 aliphatic carbocycles. The minimum absolute atomic E-state index is 0.283. The van der Waals surface area contributed by atoms with E-state index in [2.05, 4.69) is 11.9 Å². The van der Waals surface area contributed by atoms with E-state index >= 15 is 0 Å². The van der Waals surface area contributed by atoms with Crippen LogP contribution in [0.4, 0.5) is 5.69 Å². The third kappa shape index (κ3) is 5.57. The van der Waals surface area contributed by atoms with Crippen LogP contribution in [0.5, 0.6) is 11.5 Å². The van der Waals surface area contributed by atoms with E-state index in [1.807, 2.05) is 24.3 Å². The molecule has 7 heteroatoms. The maximum atomic E-state index is 11.3. The van der Waals surface area contributed by atoms with Crippen molar-refractivity contribution in [1.29, 1.82) is 0 Å². The van der Waals surface area contributed by atoms with Gasteiger partial charge in [-0.1, -0.05) is 30.9 Å². The van der Waals surface area contributed by atoms with Crippen LogP contribution in [0.25, 0.3) is 18.2 Å². The van der Waals surface area contributed by atoms with Gasteiger partial charge in [0, 0.05) is 23.4 Å². The van der Waals surface area contributed by atoms with Crippen LogP contribution in [0.1, 0.15) is 16.7 Å². The van der Waals surface area contributed by atoms with E-state index in [1.165, 1.54) is 26.4 Å². The Morgan fingerprint density at radius 1 is 1.11 bits per heavy atom. The normalized spacial score (nSPS) is 10.8. The molecule has 1 amide bonds. The van der Waals surface area contributed by atoms with Crippen LogP contribution in [0.3, 0.4) is 0 Å². The number of hydrogen-bond acceptors (Lipinski definition) is 5. The van der Waals surface area contributed by atoms with Gasteiger partial charge in [-0.2, -0.15) is 0 Å². The maximum Gasteiger partial charge on any atom is 0.247 e. The summed E-state index contributed by atoms with van der Waals surface area (Å²) in [5.74, 6) is 0.741. The zero-order valence-corrected chi connectivity index (χ0v) is 15.5. The predicted octanol–water partition coefficient (Wildman–Crippen LogP) is 4.25. The number of amides is 1. The van der Waals surface area contributed by atoms with Gasteiger partial charge in [0.15, 0.2) is 0 Å². The smallest absolute Gasteiger partial charge is 0.247 e. The molecule has 0 saturated heterocycles. The van der Waals surface area contributed by atoms with E-state index in [9.17, 15) is 14.9 Å². The van der Waals surface area contributed by atoms with Gasteiger partial charge in [0.25, 0.3) is 0 Å². The molecule has 0 aliphatic rings. The second-order valence-corrected chi connectivity index (χ2v) is 5.58. The number of benzene rings is 2. The molecule has 144 valence electrons. The van der Waals surface area contributed by atoms with Crippen LogP contribution in [0, 0.1) is 10.1 Å². The quantitative estimate of drug-likeness (QED) is 0.320. The first kappa shape index (κ1) is 20.4. The first-order valence-electron chi connectivity index (χ1n) is 8.26. The first-order chi connectivity index (χ1) is 13.5. The lowest BCUT2D eigenvalue weighted by atomic mass is 10.0. The lowest BCUT2D eigenvalue weighted by Crippen LogP contribution is -2.06. The van der Waals surface area contributed by atoms with Crippen LogP contribution in [-0.4, -0.2) is 25.1 Å². The summed E-state index contributed by atoms with van der Waals surface area (Å²) >= 11 is 0. The minimum atomic E-state index is -0.534. The molecule has 0 aliphatic heterocycles. The molecule has 0 unspecified atom stereocenters. The molecule has 0 atom stereocenters.